The lowest BCUT2D eigenvalue weighted by Crippen LogP contribution is -2.40. The van der Waals surface area contributed by atoms with E-state index in [1.807, 2.05) is 0 Å². The van der Waals surface area contributed by atoms with Crippen molar-refractivity contribution in [3.8, 4) is 0 Å². The summed E-state index contributed by atoms with van der Waals surface area (Å²) in [6.07, 6.45) is -4.69. The Kier molecular flexibility index (Phi) is 6.83. The molecule has 32 heavy (non-hydrogen) atoms. The van der Waals surface area contributed by atoms with E-state index in [0.29, 0.717) is 15.9 Å². The summed E-state index contributed by atoms with van der Waals surface area (Å²) in [4.78, 5) is 12.3. The Bertz CT molecular complexity index is 1180. The van der Waals surface area contributed by atoms with Crippen LogP contribution < -0.4 is 9.62 Å². The fourth-order valence-electron chi connectivity index (χ4n) is 2.86. The molecule has 1 N–H and O–H groups in total. The highest BCUT2D eigenvalue weighted by Gasteiger charge is 2.33. The topological polar surface area (TPSA) is 66.5 Å². The number of hydrogen-bond acceptors (Lipinski definition) is 3. The van der Waals surface area contributed by atoms with E-state index in [-0.39, 0.29) is 17.1 Å². The first-order valence-electron chi connectivity index (χ1n) is 9.33. The lowest BCUT2D eigenvalue weighted by molar-refractivity contribution is -0.137. The van der Waals surface area contributed by atoms with Crippen LogP contribution in [0, 0.1) is 5.82 Å². The molecule has 1 amide bonds. The van der Waals surface area contributed by atoms with E-state index in [4.69, 9.17) is 0 Å². The van der Waals surface area contributed by atoms with E-state index in [1.165, 1.54) is 54.6 Å². The molecule has 0 radical (unpaired) electrons. The first-order chi connectivity index (χ1) is 15.1. The predicted molar refractivity (Wildman–Crippen MR) is 111 cm³/mol. The molecule has 0 bridgehead atoms. The number of halogens is 4. The van der Waals surface area contributed by atoms with Gasteiger partial charge in [0.1, 0.15) is 12.4 Å². The molecule has 3 aromatic carbocycles. The van der Waals surface area contributed by atoms with Crippen molar-refractivity contribution in [2.75, 3.05) is 10.8 Å². The second kappa shape index (κ2) is 9.39. The molecule has 5 nitrogen and oxygen atoms in total. The third kappa shape index (κ3) is 5.64. The summed E-state index contributed by atoms with van der Waals surface area (Å²) in [5.74, 6) is -1.20. The van der Waals surface area contributed by atoms with Gasteiger partial charge >= 0.3 is 6.18 Å². The number of nitrogens with one attached hydrogen (secondary N) is 1. The van der Waals surface area contributed by atoms with Crippen molar-refractivity contribution >= 4 is 21.6 Å². The van der Waals surface area contributed by atoms with Gasteiger partial charge in [0.25, 0.3) is 10.0 Å². The van der Waals surface area contributed by atoms with Crippen LogP contribution in [0.5, 0.6) is 0 Å². The monoisotopic (exact) mass is 466 g/mol. The quantitative estimate of drug-likeness (QED) is 0.527. The molecule has 0 saturated heterocycles. The molecule has 0 spiro atoms. The number of hydrogen-bond donors (Lipinski definition) is 1. The van der Waals surface area contributed by atoms with Crippen LogP contribution in [0.2, 0.25) is 0 Å². The van der Waals surface area contributed by atoms with Crippen molar-refractivity contribution < 1.29 is 30.8 Å². The van der Waals surface area contributed by atoms with Gasteiger partial charge < -0.3 is 5.32 Å². The lowest BCUT2D eigenvalue weighted by Gasteiger charge is -2.25. The lowest BCUT2D eigenvalue weighted by atomic mass is 10.2. The van der Waals surface area contributed by atoms with Crippen molar-refractivity contribution in [3.63, 3.8) is 0 Å². The minimum Gasteiger partial charge on any atom is -0.350 e. The number of rotatable bonds is 7. The molecule has 0 saturated carbocycles. The summed E-state index contributed by atoms with van der Waals surface area (Å²) in [5, 5.41) is 2.50. The van der Waals surface area contributed by atoms with Crippen molar-refractivity contribution in [3.05, 3.63) is 95.8 Å². The Morgan fingerprint density at radius 1 is 0.906 bits per heavy atom. The fraction of sp³-hybridized carbons (Fsp3) is 0.136. The highest BCUT2D eigenvalue weighted by molar-refractivity contribution is 7.92. The summed E-state index contributed by atoms with van der Waals surface area (Å²) in [6.45, 7) is -0.763. The molecule has 0 atom stereocenters. The molecule has 0 unspecified atom stereocenters. The first-order valence-corrected chi connectivity index (χ1v) is 10.8. The predicted octanol–water partition coefficient (Wildman–Crippen LogP) is 4.36. The Balaban J connectivity index is 1.90. The minimum atomic E-state index is -4.69. The van der Waals surface area contributed by atoms with Gasteiger partial charge in [-0.25, -0.2) is 12.8 Å². The smallest absolute Gasteiger partial charge is 0.350 e. The number of alkyl halides is 3. The minimum absolute atomic E-state index is 0.0130. The van der Waals surface area contributed by atoms with Crippen LogP contribution in [-0.2, 0) is 27.5 Å². The maximum atomic E-state index is 13.2. The summed E-state index contributed by atoms with van der Waals surface area (Å²) < 4.78 is 79.5. The van der Waals surface area contributed by atoms with Gasteiger partial charge in [0.15, 0.2) is 0 Å². The molecule has 0 aliphatic carbocycles. The highest BCUT2D eigenvalue weighted by atomic mass is 32.2. The van der Waals surface area contributed by atoms with E-state index in [9.17, 15) is 30.8 Å². The van der Waals surface area contributed by atoms with Gasteiger partial charge in [-0.1, -0.05) is 36.4 Å². The van der Waals surface area contributed by atoms with Gasteiger partial charge in [0.2, 0.25) is 5.91 Å². The van der Waals surface area contributed by atoms with Crippen molar-refractivity contribution in [2.24, 2.45) is 0 Å². The van der Waals surface area contributed by atoms with E-state index >= 15 is 0 Å². The molecular weight excluding hydrogens is 448 g/mol. The Hall–Kier alpha value is -3.40. The number of benzene rings is 3. The molecule has 0 aromatic heterocycles. The van der Waals surface area contributed by atoms with Crippen LogP contribution in [0.3, 0.4) is 0 Å². The van der Waals surface area contributed by atoms with Gasteiger partial charge in [-0.15, -0.1) is 0 Å². The zero-order chi connectivity index (χ0) is 23.4. The molecule has 10 heteroatoms. The van der Waals surface area contributed by atoms with E-state index < -0.39 is 40.0 Å². The first kappa shape index (κ1) is 23.3. The number of amides is 1. The normalized spacial score (nSPS) is 11.8. The van der Waals surface area contributed by atoms with E-state index in [0.717, 1.165) is 12.1 Å². The van der Waals surface area contributed by atoms with Gasteiger partial charge in [-0.3, -0.25) is 9.10 Å². The molecular formula is C22H18F4N2O3S. The number of nitrogens with zero attached hydrogens (tertiary/aromatic N) is 1. The summed E-state index contributed by atoms with van der Waals surface area (Å²) in [7, 11) is -4.34. The van der Waals surface area contributed by atoms with Gasteiger partial charge in [0.05, 0.1) is 16.1 Å². The van der Waals surface area contributed by atoms with E-state index in [1.54, 1.807) is 6.07 Å². The zero-order valence-electron chi connectivity index (χ0n) is 16.5. The highest BCUT2D eigenvalue weighted by Crippen LogP contribution is 2.33. The van der Waals surface area contributed by atoms with Crippen molar-refractivity contribution in [1.82, 2.24) is 5.32 Å². The second-order valence-electron chi connectivity index (χ2n) is 6.78. The Morgan fingerprint density at radius 3 is 2.19 bits per heavy atom. The molecule has 0 aliphatic heterocycles. The summed E-state index contributed by atoms with van der Waals surface area (Å²) in [5.41, 5.74) is -0.785. The van der Waals surface area contributed by atoms with Crippen LogP contribution >= 0.6 is 0 Å². The average molecular weight is 466 g/mol. The molecule has 3 aromatic rings. The number of carbonyl (C=O) groups is 1. The second-order valence-corrected chi connectivity index (χ2v) is 8.64. The Morgan fingerprint density at radius 2 is 1.56 bits per heavy atom. The van der Waals surface area contributed by atoms with Gasteiger partial charge in [0, 0.05) is 6.54 Å². The molecule has 3 rings (SSSR count). The third-order valence-electron chi connectivity index (χ3n) is 4.48. The number of anilines is 1. The summed E-state index contributed by atoms with van der Waals surface area (Å²) >= 11 is 0. The van der Waals surface area contributed by atoms with Crippen LogP contribution in [0.4, 0.5) is 23.2 Å². The number of sulfonamides is 1. The molecule has 0 heterocycles. The number of carbonyl (C=O) groups excluding carboxylic acids is 1. The average Bonchev–Trinajstić information content (AvgIpc) is 2.77. The standard InChI is InChI=1S/C22H18F4N2O3S/c23-18-11-9-16(10-12-18)14-27-21(29)15-28(32(30,31)20-7-2-1-3-8-20)19-6-4-5-17(13-19)22(24,25)26/h1-13H,14-15H2,(H,27,29). The molecule has 0 fully saturated rings. The third-order valence-corrected chi connectivity index (χ3v) is 6.27. The maximum absolute atomic E-state index is 13.2. The van der Waals surface area contributed by atoms with Crippen LogP contribution in [0.1, 0.15) is 11.1 Å². The van der Waals surface area contributed by atoms with Gasteiger partial charge in [-0.2, -0.15) is 13.2 Å². The van der Waals surface area contributed by atoms with Crippen LogP contribution in [0.15, 0.2) is 83.8 Å². The Labute approximate surface area is 182 Å². The molecule has 0 aliphatic rings. The van der Waals surface area contributed by atoms with Crippen molar-refractivity contribution in [1.29, 1.82) is 0 Å². The summed E-state index contributed by atoms with van der Waals surface area (Å²) in [6, 6.07) is 16.1. The zero-order valence-corrected chi connectivity index (χ0v) is 17.3. The van der Waals surface area contributed by atoms with Crippen molar-refractivity contribution in [2.45, 2.75) is 17.6 Å². The van der Waals surface area contributed by atoms with E-state index in [2.05, 4.69) is 5.32 Å². The fourth-order valence-corrected chi connectivity index (χ4v) is 4.30. The molecule has 168 valence electrons. The van der Waals surface area contributed by atoms with Crippen LogP contribution in [-0.4, -0.2) is 20.9 Å². The SMILES string of the molecule is O=C(CN(c1cccc(C(F)(F)F)c1)S(=O)(=O)c1ccccc1)NCc1ccc(F)cc1. The van der Waals surface area contributed by atoms with Gasteiger partial charge in [-0.05, 0) is 48.0 Å². The van der Waals surface area contributed by atoms with Crippen LogP contribution in [0.25, 0.3) is 0 Å². The largest absolute Gasteiger partial charge is 0.416 e. The maximum Gasteiger partial charge on any atom is 0.416 e.